The molecule has 4 rings (SSSR count). The Labute approximate surface area is 176 Å². The number of anilines is 1. The molecular weight excluding hydrogens is 380 g/mol. The van der Waals surface area contributed by atoms with E-state index in [0.717, 1.165) is 47.9 Å². The summed E-state index contributed by atoms with van der Waals surface area (Å²) in [5.41, 5.74) is 2.86. The molecule has 0 radical (unpaired) electrons. The van der Waals surface area contributed by atoms with Crippen molar-refractivity contribution in [2.24, 2.45) is 0 Å². The summed E-state index contributed by atoms with van der Waals surface area (Å²) in [4.78, 5) is 42.0. The molecule has 0 unspecified atom stereocenters. The summed E-state index contributed by atoms with van der Waals surface area (Å²) in [6.45, 7) is 4.28. The van der Waals surface area contributed by atoms with Crippen molar-refractivity contribution in [2.75, 3.05) is 32.0 Å². The van der Waals surface area contributed by atoms with Crippen LogP contribution in [0.3, 0.4) is 0 Å². The van der Waals surface area contributed by atoms with Crippen LogP contribution < -0.4 is 5.32 Å². The second-order valence-corrected chi connectivity index (χ2v) is 7.95. The third kappa shape index (κ3) is 4.27. The van der Waals surface area contributed by atoms with Crippen molar-refractivity contribution in [3.05, 3.63) is 47.2 Å². The Morgan fingerprint density at radius 1 is 1.13 bits per heavy atom. The first-order valence-corrected chi connectivity index (χ1v) is 10.6. The number of nitrogens with zero attached hydrogens (tertiary/aromatic N) is 5. The highest BCUT2D eigenvalue weighted by atomic mass is 16.2. The van der Waals surface area contributed by atoms with Gasteiger partial charge in [-0.3, -0.25) is 14.6 Å². The summed E-state index contributed by atoms with van der Waals surface area (Å²) in [6, 6.07) is 5.65. The number of fused-ring (bicyclic) bond motifs is 1. The SMILES string of the molecule is CNc1nc(C2CCN(C(=O)Cc3ccccn3)CC2)nc2c1CN(C(C)=O)CC2. The molecule has 0 saturated carbocycles. The maximum Gasteiger partial charge on any atom is 0.228 e. The molecule has 0 bridgehead atoms. The van der Waals surface area contributed by atoms with Crippen LogP contribution in [0, 0.1) is 0 Å². The molecule has 8 heteroatoms. The number of likely N-dealkylation sites (tertiary alicyclic amines) is 1. The van der Waals surface area contributed by atoms with Gasteiger partial charge in [0.2, 0.25) is 11.8 Å². The van der Waals surface area contributed by atoms with Crippen LogP contribution >= 0.6 is 0 Å². The molecule has 8 nitrogen and oxygen atoms in total. The fraction of sp³-hybridized carbons (Fsp3) is 0.500. The van der Waals surface area contributed by atoms with Gasteiger partial charge in [0.05, 0.1) is 18.7 Å². The average molecular weight is 409 g/mol. The average Bonchev–Trinajstić information content (AvgIpc) is 2.78. The largest absolute Gasteiger partial charge is 0.373 e. The molecule has 2 aliphatic heterocycles. The number of rotatable bonds is 4. The predicted molar refractivity (Wildman–Crippen MR) is 113 cm³/mol. The van der Waals surface area contributed by atoms with Crippen molar-refractivity contribution >= 4 is 17.6 Å². The standard InChI is InChI=1S/C22H28N6O2/c1-15(29)28-12-8-19-18(14-28)22(23-2)26-21(25-19)16-6-10-27(11-7-16)20(30)13-17-5-3-4-9-24-17/h3-5,9,16H,6-8,10-14H2,1-2H3,(H,23,25,26). The lowest BCUT2D eigenvalue weighted by Crippen LogP contribution is -2.39. The Hall–Kier alpha value is -3.03. The Bertz CT molecular complexity index is 907. The van der Waals surface area contributed by atoms with E-state index in [9.17, 15) is 9.59 Å². The molecule has 0 atom stereocenters. The number of amides is 2. The summed E-state index contributed by atoms with van der Waals surface area (Å²) in [7, 11) is 1.86. The molecule has 0 spiro atoms. The van der Waals surface area contributed by atoms with Gasteiger partial charge in [-0.15, -0.1) is 0 Å². The fourth-order valence-electron chi connectivity index (χ4n) is 4.25. The van der Waals surface area contributed by atoms with E-state index in [0.29, 0.717) is 32.6 Å². The van der Waals surface area contributed by atoms with Crippen LogP contribution in [0.4, 0.5) is 5.82 Å². The van der Waals surface area contributed by atoms with Gasteiger partial charge in [-0.05, 0) is 25.0 Å². The number of hydrogen-bond donors (Lipinski definition) is 1. The molecule has 30 heavy (non-hydrogen) atoms. The van der Waals surface area contributed by atoms with E-state index in [-0.39, 0.29) is 17.7 Å². The first kappa shape index (κ1) is 20.3. The van der Waals surface area contributed by atoms with E-state index in [1.807, 2.05) is 35.0 Å². The first-order valence-electron chi connectivity index (χ1n) is 10.6. The van der Waals surface area contributed by atoms with Crippen LogP contribution in [-0.2, 0) is 29.0 Å². The van der Waals surface area contributed by atoms with Crippen molar-refractivity contribution in [2.45, 2.75) is 45.1 Å². The molecule has 1 N–H and O–H groups in total. The highest BCUT2D eigenvalue weighted by Gasteiger charge is 2.29. The number of carbonyl (C=O) groups is 2. The Morgan fingerprint density at radius 3 is 2.60 bits per heavy atom. The Morgan fingerprint density at radius 2 is 1.93 bits per heavy atom. The normalized spacial score (nSPS) is 16.9. The Balaban J connectivity index is 1.42. The van der Waals surface area contributed by atoms with E-state index < -0.39 is 0 Å². The summed E-state index contributed by atoms with van der Waals surface area (Å²) in [5.74, 6) is 2.11. The van der Waals surface area contributed by atoms with Gasteiger partial charge in [-0.1, -0.05) is 6.07 Å². The van der Waals surface area contributed by atoms with Gasteiger partial charge in [-0.2, -0.15) is 0 Å². The minimum atomic E-state index is 0.0783. The molecule has 0 aromatic carbocycles. The topological polar surface area (TPSA) is 91.3 Å². The minimum absolute atomic E-state index is 0.0783. The number of pyridine rings is 1. The van der Waals surface area contributed by atoms with Crippen LogP contribution in [0.5, 0.6) is 0 Å². The van der Waals surface area contributed by atoms with Crippen LogP contribution in [0.15, 0.2) is 24.4 Å². The van der Waals surface area contributed by atoms with Crippen molar-refractivity contribution < 1.29 is 9.59 Å². The number of nitrogens with one attached hydrogen (secondary N) is 1. The second kappa shape index (κ2) is 8.77. The van der Waals surface area contributed by atoms with Crippen LogP contribution in [0.2, 0.25) is 0 Å². The smallest absolute Gasteiger partial charge is 0.228 e. The molecule has 4 heterocycles. The van der Waals surface area contributed by atoms with E-state index in [2.05, 4.69) is 10.3 Å². The van der Waals surface area contributed by atoms with Gasteiger partial charge >= 0.3 is 0 Å². The lowest BCUT2D eigenvalue weighted by Gasteiger charge is -2.33. The van der Waals surface area contributed by atoms with E-state index in [4.69, 9.17) is 9.97 Å². The highest BCUT2D eigenvalue weighted by Crippen LogP contribution is 2.30. The quantitative estimate of drug-likeness (QED) is 0.829. The molecular formula is C22H28N6O2. The third-order valence-corrected chi connectivity index (χ3v) is 6.03. The number of piperidine rings is 1. The van der Waals surface area contributed by atoms with Crippen molar-refractivity contribution in [1.82, 2.24) is 24.8 Å². The molecule has 0 aliphatic carbocycles. The first-order chi connectivity index (χ1) is 14.5. The molecule has 2 aromatic rings. The molecule has 2 amide bonds. The zero-order valence-electron chi connectivity index (χ0n) is 17.6. The summed E-state index contributed by atoms with van der Waals surface area (Å²) < 4.78 is 0. The van der Waals surface area contributed by atoms with Crippen molar-refractivity contribution in [3.8, 4) is 0 Å². The maximum absolute atomic E-state index is 12.6. The van der Waals surface area contributed by atoms with Gasteiger partial charge in [0, 0.05) is 63.4 Å². The van der Waals surface area contributed by atoms with Crippen molar-refractivity contribution in [1.29, 1.82) is 0 Å². The zero-order chi connectivity index (χ0) is 21.1. The Kier molecular flexibility index (Phi) is 5.92. The van der Waals surface area contributed by atoms with Crippen molar-refractivity contribution in [3.63, 3.8) is 0 Å². The van der Waals surface area contributed by atoms with Crippen LogP contribution in [-0.4, -0.2) is 63.2 Å². The van der Waals surface area contributed by atoms with Gasteiger partial charge < -0.3 is 15.1 Å². The lowest BCUT2D eigenvalue weighted by atomic mass is 9.94. The molecule has 1 fully saturated rings. The third-order valence-electron chi connectivity index (χ3n) is 6.03. The maximum atomic E-state index is 12.6. The van der Waals surface area contributed by atoms with E-state index >= 15 is 0 Å². The number of aromatic nitrogens is 3. The molecule has 2 aromatic heterocycles. The van der Waals surface area contributed by atoms with E-state index in [1.54, 1.807) is 13.1 Å². The van der Waals surface area contributed by atoms with Gasteiger partial charge in [0.1, 0.15) is 11.6 Å². The lowest BCUT2D eigenvalue weighted by molar-refractivity contribution is -0.131. The van der Waals surface area contributed by atoms with Gasteiger partial charge in [0.25, 0.3) is 0 Å². The molecule has 2 aliphatic rings. The van der Waals surface area contributed by atoms with Crippen LogP contribution in [0.1, 0.15) is 48.5 Å². The molecule has 1 saturated heterocycles. The summed E-state index contributed by atoms with van der Waals surface area (Å²) >= 11 is 0. The minimum Gasteiger partial charge on any atom is -0.373 e. The van der Waals surface area contributed by atoms with Gasteiger partial charge in [-0.25, -0.2) is 9.97 Å². The monoisotopic (exact) mass is 408 g/mol. The molecule has 158 valence electrons. The van der Waals surface area contributed by atoms with Gasteiger partial charge in [0.15, 0.2) is 0 Å². The summed E-state index contributed by atoms with van der Waals surface area (Å²) in [6.07, 6.45) is 4.53. The second-order valence-electron chi connectivity index (χ2n) is 7.95. The fourth-order valence-corrected chi connectivity index (χ4v) is 4.25. The zero-order valence-corrected chi connectivity index (χ0v) is 17.6. The number of carbonyl (C=O) groups excluding carboxylic acids is 2. The highest BCUT2D eigenvalue weighted by molar-refractivity contribution is 5.78. The number of hydrogen-bond acceptors (Lipinski definition) is 6. The van der Waals surface area contributed by atoms with Crippen LogP contribution in [0.25, 0.3) is 0 Å². The summed E-state index contributed by atoms with van der Waals surface area (Å²) in [5, 5.41) is 3.19. The predicted octanol–water partition coefficient (Wildman–Crippen LogP) is 1.77. The van der Waals surface area contributed by atoms with E-state index in [1.165, 1.54) is 0 Å².